The molecular formula is C20H19FN4O3. The van der Waals surface area contributed by atoms with Crippen LogP contribution in [-0.2, 0) is 4.74 Å². The Bertz CT molecular complexity index is 915. The van der Waals surface area contributed by atoms with Gasteiger partial charge < -0.3 is 14.5 Å². The maximum absolute atomic E-state index is 13.1. The summed E-state index contributed by atoms with van der Waals surface area (Å²) in [7, 11) is 0. The second-order valence-electron chi connectivity index (χ2n) is 7.45. The normalized spacial score (nSPS) is 22.7. The highest BCUT2D eigenvalue weighted by Gasteiger charge is 2.62. The largest absolute Gasteiger partial charge is 0.437 e. The van der Waals surface area contributed by atoms with E-state index in [0.717, 1.165) is 0 Å². The van der Waals surface area contributed by atoms with Crippen molar-refractivity contribution in [1.82, 2.24) is 14.8 Å². The number of ether oxygens (including phenoxy) is 1. The fraction of sp³-hybridized carbons (Fsp3) is 0.350. The average molecular weight is 382 g/mol. The summed E-state index contributed by atoms with van der Waals surface area (Å²) in [6, 6.07) is 11.9. The van der Waals surface area contributed by atoms with E-state index < -0.39 is 5.60 Å². The van der Waals surface area contributed by atoms with Crippen LogP contribution in [0.2, 0.25) is 0 Å². The first-order valence-corrected chi connectivity index (χ1v) is 9.26. The lowest BCUT2D eigenvalue weighted by atomic mass is 9.84. The van der Waals surface area contributed by atoms with Crippen molar-refractivity contribution in [2.45, 2.75) is 11.6 Å². The Morgan fingerprint density at radius 2 is 1.93 bits per heavy atom. The van der Waals surface area contributed by atoms with Gasteiger partial charge in [0.25, 0.3) is 5.91 Å². The van der Waals surface area contributed by atoms with Gasteiger partial charge in [0.2, 0.25) is 0 Å². The van der Waals surface area contributed by atoms with Crippen molar-refractivity contribution in [3.8, 4) is 0 Å². The number of pyridine rings is 1. The molecule has 144 valence electrons. The Morgan fingerprint density at radius 1 is 1.14 bits per heavy atom. The standard InChI is InChI=1S/C20H19FN4O3/c21-15-6-7-17(22-10-15)24-12-20(13-24)16-11-23(8-9-25(16)19(27)28-20)18(26)14-4-2-1-3-5-14/h1-7,10,16H,8-9,11-13H2. The van der Waals surface area contributed by atoms with E-state index in [-0.39, 0.29) is 23.9 Å². The highest BCUT2D eigenvalue weighted by molar-refractivity contribution is 5.94. The Hall–Kier alpha value is -3.16. The van der Waals surface area contributed by atoms with Crippen molar-refractivity contribution in [2.75, 3.05) is 37.6 Å². The first-order valence-electron chi connectivity index (χ1n) is 9.26. The maximum atomic E-state index is 13.1. The number of nitrogens with zero attached hydrogens (tertiary/aromatic N) is 4. The van der Waals surface area contributed by atoms with Crippen molar-refractivity contribution in [2.24, 2.45) is 0 Å². The third-order valence-electron chi connectivity index (χ3n) is 5.77. The van der Waals surface area contributed by atoms with Crippen molar-refractivity contribution in [1.29, 1.82) is 0 Å². The SMILES string of the molecule is O=C(c1ccccc1)N1CCN2C(=O)OC3(CN(c4ccc(F)cn4)C3)C2C1. The monoisotopic (exact) mass is 382 g/mol. The molecule has 3 aliphatic heterocycles. The van der Waals surface area contributed by atoms with Crippen LogP contribution in [0.3, 0.4) is 0 Å². The van der Waals surface area contributed by atoms with Crippen LogP contribution < -0.4 is 4.90 Å². The summed E-state index contributed by atoms with van der Waals surface area (Å²) >= 11 is 0. The molecule has 1 unspecified atom stereocenters. The van der Waals surface area contributed by atoms with Gasteiger partial charge in [-0.2, -0.15) is 0 Å². The van der Waals surface area contributed by atoms with Crippen LogP contribution in [-0.4, -0.2) is 71.2 Å². The molecule has 8 heteroatoms. The predicted molar refractivity (Wildman–Crippen MR) is 98.5 cm³/mol. The van der Waals surface area contributed by atoms with Crippen molar-refractivity contribution >= 4 is 17.8 Å². The van der Waals surface area contributed by atoms with Gasteiger partial charge in [-0.15, -0.1) is 0 Å². The van der Waals surface area contributed by atoms with Gasteiger partial charge in [-0.3, -0.25) is 9.69 Å². The summed E-state index contributed by atoms with van der Waals surface area (Å²) in [5.41, 5.74) is -0.0241. The molecule has 2 amide bonds. The fourth-order valence-corrected chi connectivity index (χ4v) is 4.29. The number of amides is 2. The minimum Gasteiger partial charge on any atom is -0.437 e. The Labute approximate surface area is 161 Å². The first-order chi connectivity index (χ1) is 13.6. The lowest BCUT2D eigenvalue weighted by Gasteiger charge is -2.51. The zero-order valence-corrected chi connectivity index (χ0v) is 15.1. The average Bonchev–Trinajstić information content (AvgIpc) is 3.00. The molecule has 5 rings (SSSR count). The molecule has 0 bridgehead atoms. The van der Waals surface area contributed by atoms with Crippen LogP contribution in [0.1, 0.15) is 10.4 Å². The van der Waals surface area contributed by atoms with E-state index in [0.29, 0.717) is 44.1 Å². The third kappa shape index (κ3) is 2.59. The number of hydrogen-bond acceptors (Lipinski definition) is 5. The molecule has 7 nitrogen and oxygen atoms in total. The number of aromatic nitrogens is 1. The second-order valence-corrected chi connectivity index (χ2v) is 7.45. The second kappa shape index (κ2) is 6.19. The summed E-state index contributed by atoms with van der Waals surface area (Å²) in [4.78, 5) is 34.8. The van der Waals surface area contributed by atoms with Gasteiger partial charge in [-0.05, 0) is 24.3 Å². The molecule has 1 aromatic heterocycles. The van der Waals surface area contributed by atoms with Gasteiger partial charge in [0.1, 0.15) is 11.6 Å². The van der Waals surface area contributed by atoms with Gasteiger partial charge in [-0.25, -0.2) is 14.2 Å². The molecule has 0 aliphatic carbocycles. The van der Waals surface area contributed by atoms with Crippen LogP contribution >= 0.6 is 0 Å². The van der Waals surface area contributed by atoms with Gasteiger partial charge in [-0.1, -0.05) is 18.2 Å². The fourth-order valence-electron chi connectivity index (χ4n) is 4.29. The number of rotatable bonds is 2. The summed E-state index contributed by atoms with van der Waals surface area (Å²) < 4.78 is 18.8. The summed E-state index contributed by atoms with van der Waals surface area (Å²) in [5, 5.41) is 0. The molecule has 1 aromatic carbocycles. The van der Waals surface area contributed by atoms with E-state index in [9.17, 15) is 14.0 Å². The van der Waals surface area contributed by atoms with Crippen LogP contribution in [0.5, 0.6) is 0 Å². The molecule has 28 heavy (non-hydrogen) atoms. The Balaban J connectivity index is 1.33. The number of anilines is 1. The van der Waals surface area contributed by atoms with Gasteiger partial charge >= 0.3 is 6.09 Å². The number of piperazine rings is 1. The topological polar surface area (TPSA) is 66.0 Å². The van der Waals surface area contributed by atoms with E-state index in [1.165, 1.54) is 12.3 Å². The molecule has 3 fully saturated rings. The lowest BCUT2D eigenvalue weighted by Crippen LogP contribution is -2.71. The first kappa shape index (κ1) is 17.0. The van der Waals surface area contributed by atoms with E-state index in [1.54, 1.807) is 28.0 Å². The van der Waals surface area contributed by atoms with Crippen LogP contribution in [0.15, 0.2) is 48.7 Å². The van der Waals surface area contributed by atoms with Crippen molar-refractivity contribution in [3.63, 3.8) is 0 Å². The highest BCUT2D eigenvalue weighted by atomic mass is 19.1. The number of benzene rings is 1. The van der Waals surface area contributed by atoms with Gasteiger partial charge in [0.15, 0.2) is 5.60 Å². The Morgan fingerprint density at radius 3 is 2.64 bits per heavy atom. The number of hydrogen-bond donors (Lipinski definition) is 0. The van der Waals surface area contributed by atoms with Crippen LogP contribution in [0.4, 0.5) is 15.0 Å². The minimum absolute atomic E-state index is 0.0360. The summed E-state index contributed by atoms with van der Waals surface area (Å²) in [5.74, 6) is 0.223. The molecule has 2 aromatic rings. The number of halogens is 1. The molecular weight excluding hydrogens is 363 g/mol. The van der Waals surface area contributed by atoms with E-state index in [4.69, 9.17) is 4.74 Å². The van der Waals surface area contributed by atoms with E-state index in [2.05, 4.69) is 4.98 Å². The number of carbonyl (C=O) groups excluding carboxylic acids is 2. The van der Waals surface area contributed by atoms with Crippen molar-refractivity contribution in [3.05, 3.63) is 60.0 Å². The van der Waals surface area contributed by atoms with Gasteiger partial charge in [0.05, 0.1) is 25.3 Å². The molecule has 0 radical (unpaired) electrons. The quantitative estimate of drug-likeness (QED) is 0.792. The zero-order valence-electron chi connectivity index (χ0n) is 15.1. The molecule has 0 saturated carbocycles. The Kier molecular flexibility index (Phi) is 3.75. The molecule has 1 spiro atoms. The zero-order chi connectivity index (χ0) is 19.3. The minimum atomic E-state index is -0.664. The molecule has 0 N–H and O–H groups in total. The van der Waals surface area contributed by atoms with Crippen LogP contribution in [0, 0.1) is 5.82 Å². The molecule has 4 heterocycles. The number of fused-ring (bicyclic) bond motifs is 2. The lowest BCUT2D eigenvalue weighted by molar-refractivity contribution is -0.00669. The van der Waals surface area contributed by atoms with E-state index >= 15 is 0 Å². The summed E-state index contributed by atoms with van der Waals surface area (Å²) in [6.45, 7) is 2.33. The van der Waals surface area contributed by atoms with Gasteiger partial charge in [0, 0.05) is 25.2 Å². The third-order valence-corrected chi connectivity index (χ3v) is 5.77. The van der Waals surface area contributed by atoms with Crippen molar-refractivity contribution < 1.29 is 18.7 Å². The molecule has 3 aliphatic rings. The number of carbonyl (C=O) groups is 2. The highest BCUT2D eigenvalue weighted by Crippen LogP contribution is 2.41. The summed E-state index contributed by atoms with van der Waals surface area (Å²) in [6.07, 6.45) is 0.845. The van der Waals surface area contributed by atoms with E-state index in [1.807, 2.05) is 23.1 Å². The maximum Gasteiger partial charge on any atom is 0.411 e. The smallest absolute Gasteiger partial charge is 0.411 e. The van der Waals surface area contributed by atoms with Crippen LogP contribution in [0.25, 0.3) is 0 Å². The molecule has 1 atom stereocenters. The molecule has 3 saturated heterocycles. The predicted octanol–water partition coefficient (Wildman–Crippen LogP) is 1.76.